The molecule has 25 heavy (non-hydrogen) atoms. The Balaban J connectivity index is 1.92. The first-order chi connectivity index (χ1) is 11.9. The van der Waals surface area contributed by atoms with Crippen LogP contribution in [0.1, 0.15) is 36.8 Å². The molecule has 0 heterocycles. The average molecular weight is 337 g/mol. The number of para-hydroxylation sites is 1. The number of aryl methyl sites for hydroxylation is 1. The normalized spacial score (nSPS) is 26.3. The zero-order chi connectivity index (χ0) is 18.0. The molecule has 1 aliphatic rings. The van der Waals surface area contributed by atoms with Crippen molar-refractivity contribution >= 4 is 17.4 Å². The van der Waals surface area contributed by atoms with E-state index >= 15 is 0 Å². The van der Waals surface area contributed by atoms with Crippen molar-refractivity contribution in [2.45, 2.75) is 38.2 Å². The Morgan fingerprint density at radius 1 is 1.12 bits per heavy atom. The first-order valence-electron chi connectivity index (χ1n) is 8.54. The molecule has 0 aliphatic heterocycles. The third-order valence-electron chi connectivity index (χ3n) is 4.88. The molecule has 1 saturated carbocycles. The molecule has 1 fully saturated rings. The lowest BCUT2D eigenvalue weighted by Gasteiger charge is -2.38. The van der Waals surface area contributed by atoms with E-state index in [0.717, 1.165) is 11.1 Å². The molecule has 1 aliphatic carbocycles. The summed E-state index contributed by atoms with van der Waals surface area (Å²) in [5.74, 6) is -1.64. The van der Waals surface area contributed by atoms with Gasteiger partial charge >= 0.3 is 0 Å². The van der Waals surface area contributed by atoms with Crippen molar-refractivity contribution in [2.75, 3.05) is 5.32 Å². The number of carbonyl (C=O) groups excluding carboxylic acids is 2. The van der Waals surface area contributed by atoms with Gasteiger partial charge in [0.05, 0.1) is 5.60 Å². The van der Waals surface area contributed by atoms with E-state index in [1.54, 1.807) is 6.92 Å². The third kappa shape index (κ3) is 3.80. The van der Waals surface area contributed by atoms with E-state index < -0.39 is 11.5 Å². The number of aliphatic hydroxyl groups is 1. The second-order valence-electron chi connectivity index (χ2n) is 7.14. The highest BCUT2D eigenvalue weighted by atomic mass is 16.3. The molecule has 130 valence electrons. The maximum absolute atomic E-state index is 12.9. The topological polar surface area (TPSA) is 66.4 Å². The lowest BCUT2D eigenvalue weighted by Crippen LogP contribution is -2.46. The molecule has 2 aromatic rings. The molecule has 4 nitrogen and oxygen atoms in total. The van der Waals surface area contributed by atoms with Gasteiger partial charge in [0.15, 0.2) is 0 Å². The Bertz CT molecular complexity index is 783. The zero-order valence-corrected chi connectivity index (χ0v) is 14.5. The van der Waals surface area contributed by atoms with E-state index in [0.29, 0.717) is 12.1 Å². The van der Waals surface area contributed by atoms with Crippen LogP contribution in [0.3, 0.4) is 0 Å². The summed E-state index contributed by atoms with van der Waals surface area (Å²) < 4.78 is 0. The van der Waals surface area contributed by atoms with E-state index in [4.69, 9.17) is 0 Å². The summed E-state index contributed by atoms with van der Waals surface area (Å²) in [6, 6.07) is 17.0. The molecule has 3 atom stereocenters. The molecular formula is C21H23NO3. The van der Waals surface area contributed by atoms with Gasteiger partial charge in [0.1, 0.15) is 11.7 Å². The maximum atomic E-state index is 12.9. The van der Waals surface area contributed by atoms with Crippen LogP contribution >= 0.6 is 0 Å². The Labute approximate surface area is 147 Å². The fourth-order valence-corrected chi connectivity index (χ4v) is 3.64. The van der Waals surface area contributed by atoms with E-state index in [-0.39, 0.29) is 24.0 Å². The smallest absolute Gasteiger partial charge is 0.235 e. The highest BCUT2D eigenvalue weighted by molar-refractivity contribution is 6.09. The summed E-state index contributed by atoms with van der Waals surface area (Å²) in [6.45, 7) is 3.58. The number of benzene rings is 2. The molecular weight excluding hydrogens is 314 g/mol. The van der Waals surface area contributed by atoms with E-state index in [9.17, 15) is 14.7 Å². The summed E-state index contributed by atoms with van der Waals surface area (Å²) in [5, 5.41) is 13.4. The summed E-state index contributed by atoms with van der Waals surface area (Å²) in [5.41, 5.74) is 1.48. The molecule has 3 rings (SSSR count). The van der Waals surface area contributed by atoms with Crippen molar-refractivity contribution in [2.24, 2.45) is 5.92 Å². The highest BCUT2D eigenvalue weighted by Crippen LogP contribution is 2.41. The van der Waals surface area contributed by atoms with Crippen LogP contribution in [0.4, 0.5) is 5.69 Å². The summed E-state index contributed by atoms with van der Waals surface area (Å²) in [7, 11) is 0. The molecule has 0 bridgehead atoms. The maximum Gasteiger partial charge on any atom is 0.235 e. The molecule has 0 spiro atoms. The van der Waals surface area contributed by atoms with Gasteiger partial charge in [0.2, 0.25) is 5.91 Å². The standard InChI is InChI=1S/C21H23NO3/c1-14-8-6-7-11-17(14)22-20(24)19-16(15-9-4-3-5-10-15)12-21(2,25)13-18(19)23/h3-11,16,19,25H,12-13H2,1-2H3,(H,22,24)/t16-,19+,21-/m1/s1. The fourth-order valence-electron chi connectivity index (χ4n) is 3.64. The molecule has 1 amide bonds. The molecule has 4 heteroatoms. The quantitative estimate of drug-likeness (QED) is 0.843. The SMILES string of the molecule is Cc1ccccc1NC(=O)[C@@H]1C(=O)C[C@](C)(O)C[C@@H]1c1ccccc1. The van der Waals surface area contributed by atoms with Crippen molar-refractivity contribution in [1.29, 1.82) is 0 Å². The summed E-state index contributed by atoms with van der Waals surface area (Å²) in [6.07, 6.45) is 0.386. The van der Waals surface area contributed by atoms with Gasteiger partial charge in [-0.2, -0.15) is 0 Å². The van der Waals surface area contributed by atoms with Gasteiger partial charge in [-0.25, -0.2) is 0 Å². The number of amides is 1. The second kappa shape index (κ2) is 6.81. The predicted octanol–water partition coefficient (Wildman–Crippen LogP) is 3.45. The molecule has 2 aromatic carbocycles. The van der Waals surface area contributed by atoms with Crippen molar-refractivity contribution in [3.63, 3.8) is 0 Å². The molecule has 0 radical (unpaired) electrons. The number of hydrogen-bond acceptors (Lipinski definition) is 3. The van der Waals surface area contributed by atoms with Gasteiger partial charge in [0.25, 0.3) is 0 Å². The summed E-state index contributed by atoms with van der Waals surface area (Å²) in [4.78, 5) is 25.6. The predicted molar refractivity (Wildman–Crippen MR) is 97.3 cm³/mol. The van der Waals surface area contributed by atoms with Crippen molar-refractivity contribution in [3.8, 4) is 0 Å². The largest absolute Gasteiger partial charge is 0.390 e. The summed E-state index contributed by atoms with van der Waals surface area (Å²) >= 11 is 0. The van der Waals surface area contributed by atoms with Crippen LogP contribution in [0.5, 0.6) is 0 Å². The minimum atomic E-state index is -1.09. The Morgan fingerprint density at radius 2 is 1.76 bits per heavy atom. The van der Waals surface area contributed by atoms with Crippen LogP contribution in [-0.2, 0) is 9.59 Å². The van der Waals surface area contributed by atoms with Crippen LogP contribution in [0.2, 0.25) is 0 Å². The van der Waals surface area contributed by atoms with Crippen molar-refractivity contribution < 1.29 is 14.7 Å². The van der Waals surface area contributed by atoms with Crippen LogP contribution in [0.25, 0.3) is 0 Å². The van der Waals surface area contributed by atoms with Crippen LogP contribution < -0.4 is 5.32 Å². The zero-order valence-electron chi connectivity index (χ0n) is 14.5. The van der Waals surface area contributed by atoms with Crippen LogP contribution in [-0.4, -0.2) is 22.4 Å². The van der Waals surface area contributed by atoms with E-state index in [1.807, 2.05) is 61.5 Å². The lowest BCUT2D eigenvalue weighted by atomic mass is 9.68. The third-order valence-corrected chi connectivity index (χ3v) is 4.88. The first kappa shape index (κ1) is 17.4. The Hall–Kier alpha value is -2.46. The number of rotatable bonds is 3. The van der Waals surface area contributed by atoms with Gasteiger partial charge in [-0.1, -0.05) is 48.5 Å². The Morgan fingerprint density at radius 3 is 2.44 bits per heavy atom. The molecule has 0 aromatic heterocycles. The number of Topliss-reactive ketones (excluding diaryl/α,β-unsaturated/α-hetero) is 1. The van der Waals surface area contributed by atoms with E-state index in [2.05, 4.69) is 5.32 Å². The molecule has 0 saturated heterocycles. The molecule has 2 N–H and O–H groups in total. The van der Waals surface area contributed by atoms with Crippen molar-refractivity contribution in [3.05, 3.63) is 65.7 Å². The first-order valence-corrected chi connectivity index (χ1v) is 8.54. The Kier molecular flexibility index (Phi) is 4.73. The second-order valence-corrected chi connectivity index (χ2v) is 7.14. The average Bonchev–Trinajstić information content (AvgIpc) is 2.56. The minimum absolute atomic E-state index is 0.00217. The highest BCUT2D eigenvalue weighted by Gasteiger charge is 2.46. The van der Waals surface area contributed by atoms with Gasteiger partial charge in [-0.05, 0) is 37.5 Å². The van der Waals surface area contributed by atoms with Crippen molar-refractivity contribution in [1.82, 2.24) is 0 Å². The fraction of sp³-hybridized carbons (Fsp3) is 0.333. The number of nitrogens with one attached hydrogen (secondary N) is 1. The van der Waals surface area contributed by atoms with Crippen LogP contribution in [0, 0.1) is 12.8 Å². The van der Waals surface area contributed by atoms with Gasteiger partial charge < -0.3 is 10.4 Å². The number of ketones is 1. The monoisotopic (exact) mass is 337 g/mol. The van der Waals surface area contributed by atoms with Crippen LogP contribution in [0.15, 0.2) is 54.6 Å². The van der Waals surface area contributed by atoms with E-state index in [1.165, 1.54) is 0 Å². The number of carbonyl (C=O) groups is 2. The van der Waals surface area contributed by atoms with Gasteiger partial charge in [-0.15, -0.1) is 0 Å². The van der Waals surface area contributed by atoms with Gasteiger partial charge in [-0.3, -0.25) is 9.59 Å². The minimum Gasteiger partial charge on any atom is -0.390 e. The number of anilines is 1. The number of hydrogen-bond donors (Lipinski definition) is 2. The molecule has 0 unspecified atom stereocenters. The van der Waals surface area contributed by atoms with Gasteiger partial charge in [0, 0.05) is 18.0 Å². The lowest BCUT2D eigenvalue weighted by molar-refractivity contribution is -0.140.